The van der Waals surface area contributed by atoms with Crippen molar-refractivity contribution in [1.82, 2.24) is 9.80 Å². The molecule has 1 unspecified atom stereocenters. The summed E-state index contributed by atoms with van der Waals surface area (Å²) in [6.07, 6.45) is 1.50. The van der Waals surface area contributed by atoms with Crippen molar-refractivity contribution in [2.75, 3.05) is 26.2 Å². The zero-order valence-corrected chi connectivity index (χ0v) is 15.6. The quantitative estimate of drug-likeness (QED) is 0.846. The number of hydrogen-bond acceptors (Lipinski definition) is 3. The van der Waals surface area contributed by atoms with Gasteiger partial charge in [0.15, 0.2) is 5.76 Å². The van der Waals surface area contributed by atoms with E-state index in [2.05, 4.69) is 38.1 Å². The first kappa shape index (κ1) is 18.2. The van der Waals surface area contributed by atoms with Gasteiger partial charge in [0.1, 0.15) is 0 Å². The number of piperazine rings is 1. The minimum Gasteiger partial charge on any atom is -0.459 e. The van der Waals surface area contributed by atoms with Crippen LogP contribution in [-0.4, -0.2) is 47.8 Å². The minimum atomic E-state index is -0.150. The lowest BCUT2D eigenvalue weighted by Gasteiger charge is -2.37. The van der Waals surface area contributed by atoms with Crippen molar-refractivity contribution >= 4 is 11.8 Å². The standard InChI is InChI=1S/C21H26N2O3/c1-15(2)19(17-8-6-16(3)7-9-17)21(25)23-12-10-22(11-13-23)20(24)18-5-4-14-26-18/h4-9,14-15,19H,10-13H2,1-3H3. The monoisotopic (exact) mass is 354 g/mol. The fourth-order valence-electron chi connectivity index (χ4n) is 3.47. The predicted octanol–water partition coefficient (Wildman–Crippen LogP) is 3.31. The van der Waals surface area contributed by atoms with Gasteiger partial charge < -0.3 is 14.2 Å². The van der Waals surface area contributed by atoms with Crippen LogP contribution < -0.4 is 0 Å². The largest absolute Gasteiger partial charge is 0.459 e. The van der Waals surface area contributed by atoms with Crippen molar-refractivity contribution in [3.63, 3.8) is 0 Å². The molecule has 0 radical (unpaired) electrons. The molecule has 0 aliphatic carbocycles. The summed E-state index contributed by atoms with van der Waals surface area (Å²) in [6, 6.07) is 11.6. The highest BCUT2D eigenvalue weighted by Gasteiger charge is 2.32. The normalized spacial score (nSPS) is 16.0. The molecule has 3 rings (SSSR count). The Kier molecular flexibility index (Phi) is 5.45. The van der Waals surface area contributed by atoms with Gasteiger partial charge >= 0.3 is 0 Å². The van der Waals surface area contributed by atoms with Crippen LogP contribution in [-0.2, 0) is 4.79 Å². The highest BCUT2D eigenvalue weighted by atomic mass is 16.3. The lowest BCUT2D eigenvalue weighted by molar-refractivity contribution is -0.135. The summed E-state index contributed by atoms with van der Waals surface area (Å²) in [7, 11) is 0. The Morgan fingerprint density at radius 1 is 0.962 bits per heavy atom. The van der Waals surface area contributed by atoms with Gasteiger partial charge in [0.2, 0.25) is 5.91 Å². The van der Waals surface area contributed by atoms with E-state index in [1.807, 2.05) is 11.8 Å². The third kappa shape index (κ3) is 3.82. The summed E-state index contributed by atoms with van der Waals surface area (Å²) in [5.41, 5.74) is 2.25. The van der Waals surface area contributed by atoms with Crippen molar-refractivity contribution < 1.29 is 14.0 Å². The molecule has 1 fully saturated rings. The smallest absolute Gasteiger partial charge is 0.289 e. The van der Waals surface area contributed by atoms with Gasteiger partial charge in [-0.2, -0.15) is 0 Å². The summed E-state index contributed by atoms with van der Waals surface area (Å²) in [5.74, 6) is 0.454. The van der Waals surface area contributed by atoms with Gasteiger partial charge in [-0.3, -0.25) is 9.59 Å². The highest BCUT2D eigenvalue weighted by molar-refractivity contribution is 5.91. The molecule has 0 spiro atoms. The van der Waals surface area contributed by atoms with E-state index in [4.69, 9.17) is 4.42 Å². The second kappa shape index (κ2) is 7.77. The first-order chi connectivity index (χ1) is 12.5. The van der Waals surface area contributed by atoms with Gasteiger partial charge in [-0.1, -0.05) is 43.7 Å². The molecule has 0 bridgehead atoms. The number of carbonyl (C=O) groups excluding carboxylic acids is 2. The molecule has 1 aromatic carbocycles. The molecular weight excluding hydrogens is 328 g/mol. The van der Waals surface area contributed by atoms with Crippen LogP contribution in [0.1, 0.15) is 41.4 Å². The van der Waals surface area contributed by atoms with Crippen LogP contribution >= 0.6 is 0 Å². The van der Waals surface area contributed by atoms with Crippen LogP contribution in [0.15, 0.2) is 47.1 Å². The van der Waals surface area contributed by atoms with E-state index in [0.29, 0.717) is 31.9 Å². The van der Waals surface area contributed by atoms with Crippen molar-refractivity contribution in [3.8, 4) is 0 Å². The van der Waals surface area contributed by atoms with Crippen molar-refractivity contribution in [2.45, 2.75) is 26.7 Å². The van der Waals surface area contributed by atoms with Crippen LogP contribution in [0.2, 0.25) is 0 Å². The van der Waals surface area contributed by atoms with E-state index in [1.54, 1.807) is 17.0 Å². The highest BCUT2D eigenvalue weighted by Crippen LogP contribution is 2.27. The number of rotatable bonds is 4. The summed E-state index contributed by atoms with van der Waals surface area (Å²) in [5, 5.41) is 0. The molecule has 1 aromatic heterocycles. The fourth-order valence-corrected chi connectivity index (χ4v) is 3.47. The number of hydrogen-bond donors (Lipinski definition) is 0. The summed E-state index contributed by atoms with van der Waals surface area (Å²) in [4.78, 5) is 29.1. The molecule has 0 saturated carbocycles. The van der Waals surface area contributed by atoms with Gasteiger partial charge in [-0.25, -0.2) is 0 Å². The minimum absolute atomic E-state index is 0.110. The Bertz CT molecular complexity index is 742. The number of benzene rings is 1. The van der Waals surface area contributed by atoms with Crippen molar-refractivity contribution in [2.24, 2.45) is 5.92 Å². The van der Waals surface area contributed by atoms with E-state index in [0.717, 1.165) is 5.56 Å². The average molecular weight is 354 g/mol. The molecule has 1 aliphatic rings. The first-order valence-corrected chi connectivity index (χ1v) is 9.15. The molecule has 1 atom stereocenters. The van der Waals surface area contributed by atoms with Crippen LogP contribution in [0.3, 0.4) is 0 Å². The van der Waals surface area contributed by atoms with Gasteiger partial charge in [0, 0.05) is 26.2 Å². The first-order valence-electron chi connectivity index (χ1n) is 9.15. The molecule has 5 heteroatoms. The van der Waals surface area contributed by atoms with Gasteiger partial charge in [0.25, 0.3) is 5.91 Å². The number of furan rings is 1. The van der Waals surface area contributed by atoms with Crippen LogP contribution in [0.4, 0.5) is 0 Å². The molecule has 5 nitrogen and oxygen atoms in total. The van der Waals surface area contributed by atoms with E-state index in [1.165, 1.54) is 11.8 Å². The zero-order chi connectivity index (χ0) is 18.7. The maximum absolute atomic E-state index is 13.1. The maximum atomic E-state index is 13.1. The predicted molar refractivity (Wildman–Crippen MR) is 99.9 cm³/mol. The van der Waals surface area contributed by atoms with E-state index in [-0.39, 0.29) is 23.7 Å². The fraction of sp³-hybridized carbons (Fsp3) is 0.429. The molecule has 1 aliphatic heterocycles. The third-order valence-electron chi connectivity index (χ3n) is 4.98. The number of nitrogens with zero attached hydrogens (tertiary/aromatic N) is 2. The zero-order valence-electron chi connectivity index (χ0n) is 15.6. The SMILES string of the molecule is Cc1ccc(C(C(=O)N2CCN(C(=O)c3ccco3)CC2)C(C)C)cc1. The molecular formula is C21H26N2O3. The average Bonchev–Trinajstić information content (AvgIpc) is 3.17. The van der Waals surface area contributed by atoms with Gasteiger partial charge in [-0.05, 0) is 30.5 Å². The molecule has 1 saturated heterocycles. The molecule has 2 aromatic rings. The maximum Gasteiger partial charge on any atom is 0.289 e. The molecule has 0 N–H and O–H groups in total. The Balaban J connectivity index is 1.66. The van der Waals surface area contributed by atoms with E-state index in [9.17, 15) is 9.59 Å². The Morgan fingerprint density at radius 3 is 2.12 bits per heavy atom. The lowest BCUT2D eigenvalue weighted by Crippen LogP contribution is -2.52. The van der Waals surface area contributed by atoms with Crippen molar-refractivity contribution in [1.29, 1.82) is 0 Å². The van der Waals surface area contributed by atoms with E-state index < -0.39 is 0 Å². The summed E-state index contributed by atoms with van der Waals surface area (Å²) >= 11 is 0. The number of aryl methyl sites for hydroxylation is 1. The van der Waals surface area contributed by atoms with Gasteiger partial charge in [-0.15, -0.1) is 0 Å². The van der Waals surface area contributed by atoms with Crippen LogP contribution in [0.25, 0.3) is 0 Å². The Hall–Kier alpha value is -2.56. The molecule has 26 heavy (non-hydrogen) atoms. The Labute approximate surface area is 154 Å². The number of amides is 2. The summed E-state index contributed by atoms with van der Waals surface area (Å²) in [6.45, 7) is 8.39. The van der Waals surface area contributed by atoms with E-state index >= 15 is 0 Å². The van der Waals surface area contributed by atoms with Crippen LogP contribution in [0, 0.1) is 12.8 Å². The summed E-state index contributed by atoms with van der Waals surface area (Å²) < 4.78 is 5.19. The van der Waals surface area contributed by atoms with Gasteiger partial charge in [0.05, 0.1) is 12.2 Å². The molecule has 138 valence electrons. The lowest BCUT2D eigenvalue weighted by atomic mass is 9.86. The molecule has 2 amide bonds. The van der Waals surface area contributed by atoms with Crippen LogP contribution in [0.5, 0.6) is 0 Å². The second-order valence-electron chi connectivity index (χ2n) is 7.23. The Morgan fingerprint density at radius 2 is 1.58 bits per heavy atom. The number of carbonyl (C=O) groups is 2. The third-order valence-corrected chi connectivity index (χ3v) is 4.98. The molecule has 2 heterocycles. The van der Waals surface area contributed by atoms with Crippen molar-refractivity contribution in [3.05, 3.63) is 59.5 Å². The topological polar surface area (TPSA) is 53.8 Å². The second-order valence-corrected chi connectivity index (χ2v) is 7.23.